The zero-order chi connectivity index (χ0) is 88.9. The van der Waals surface area contributed by atoms with E-state index in [1.54, 1.807) is 25.1 Å². The van der Waals surface area contributed by atoms with Gasteiger partial charge in [-0.15, -0.1) is 0 Å². The van der Waals surface area contributed by atoms with E-state index in [-0.39, 0.29) is 99.5 Å². The van der Waals surface area contributed by atoms with Gasteiger partial charge in [0.05, 0.1) is 44.1 Å². The molecule has 2 heterocycles. The van der Waals surface area contributed by atoms with Crippen LogP contribution < -0.4 is 16.0 Å². The minimum Gasteiger partial charge on any atom is -0.481 e. The van der Waals surface area contributed by atoms with Crippen LogP contribution in [0.1, 0.15) is 140 Å². The number of carbonyl (C=O) groups is 3. The molecule has 0 amide bonds. The van der Waals surface area contributed by atoms with Crippen LogP contribution in [0.15, 0.2) is 209 Å². The first kappa shape index (κ1) is 95.1. The fourth-order valence-corrected chi connectivity index (χ4v) is 20.8. The summed E-state index contributed by atoms with van der Waals surface area (Å²) in [5.74, 6) is -1.77. The van der Waals surface area contributed by atoms with Crippen molar-refractivity contribution in [2.75, 3.05) is 59.9 Å². The van der Waals surface area contributed by atoms with Crippen molar-refractivity contribution in [3.8, 4) is 33.4 Å². The van der Waals surface area contributed by atoms with Gasteiger partial charge in [-0.3, -0.25) is 9.78 Å². The third-order valence-electron chi connectivity index (χ3n) is 22.6. The fourth-order valence-electron chi connectivity index (χ4n) is 16.5. The molecule has 3 aliphatic carbocycles. The molecule has 0 saturated carbocycles. The molecule has 12 rings (SSSR count). The Morgan fingerprint density at radius 1 is 0.475 bits per heavy atom. The van der Waals surface area contributed by atoms with Crippen LogP contribution in [-0.4, -0.2) is 192 Å². The molecule has 0 fully saturated rings. The van der Waals surface area contributed by atoms with Crippen molar-refractivity contribution >= 4 is 59.6 Å². The van der Waals surface area contributed by atoms with E-state index in [4.69, 9.17) is 21.8 Å². The largest absolute Gasteiger partial charge is 0.481 e. The number of nitrogens with zero attached hydrogens (tertiary/aromatic N) is 5. The molecule has 654 valence electrons. The number of aliphatic hydroxyl groups excluding tert-OH is 3. The zero-order valence-electron chi connectivity index (χ0n) is 70.0. The number of rotatable bonds is 36. The number of fused-ring (bicyclic) bond motifs is 3. The molecule has 2 aromatic heterocycles. The summed E-state index contributed by atoms with van der Waals surface area (Å²) in [4.78, 5) is 40.3. The summed E-state index contributed by atoms with van der Waals surface area (Å²) in [6.07, 6.45) is 5.37. The molecular weight excluding hydrogens is 1650 g/mol. The fraction of sp³-hybridized carbons (Fsp3) is 0.402. The van der Waals surface area contributed by atoms with Crippen LogP contribution in [0.5, 0.6) is 0 Å². The Labute approximate surface area is 718 Å². The van der Waals surface area contributed by atoms with Gasteiger partial charge in [0.25, 0.3) is 0 Å². The highest BCUT2D eigenvalue weighted by Crippen LogP contribution is 2.41. The molecule has 30 heteroatoms. The van der Waals surface area contributed by atoms with E-state index in [1.807, 2.05) is 56.3 Å². The first-order valence-electron chi connectivity index (χ1n) is 40.6. The maximum Gasteiger partial charge on any atom is 0.417 e. The average molecular weight is 1760 g/mol. The Balaban J connectivity index is 0.000000192. The molecule has 0 spiro atoms. The van der Waals surface area contributed by atoms with Crippen LogP contribution in [0.3, 0.4) is 0 Å². The average Bonchev–Trinajstić information content (AvgIpc) is 1.12. The number of sulfonamides is 3. The van der Waals surface area contributed by atoms with Crippen molar-refractivity contribution in [3.63, 3.8) is 0 Å². The lowest BCUT2D eigenvalue weighted by Crippen LogP contribution is -2.48. The van der Waals surface area contributed by atoms with Crippen molar-refractivity contribution in [1.29, 1.82) is 0 Å². The van der Waals surface area contributed by atoms with Crippen molar-refractivity contribution in [3.05, 3.63) is 255 Å². The number of hydrogen-bond donors (Lipinski definition) is 9. The zero-order valence-corrected chi connectivity index (χ0v) is 73.2. The molecule has 3 atom stereocenters. The molecule has 0 aliphatic heterocycles. The maximum absolute atomic E-state index is 14.0. The minimum absolute atomic E-state index is 0.000709. The highest BCUT2D eigenvalue weighted by molar-refractivity contribution is 7.89. The van der Waals surface area contributed by atoms with Gasteiger partial charge in [0, 0.05) is 123 Å². The summed E-state index contributed by atoms with van der Waals surface area (Å²) in [6, 6.07) is 50.3. The van der Waals surface area contributed by atoms with Gasteiger partial charge in [0.2, 0.25) is 30.1 Å². The van der Waals surface area contributed by atoms with Gasteiger partial charge >= 0.3 is 24.1 Å². The molecule has 9 aromatic rings. The quantitative estimate of drug-likeness (QED) is 0.0176. The lowest BCUT2D eigenvalue weighted by Gasteiger charge is -2.31. The second-order valence-electron chi connectivity index (χ2n) is 34.0. The van der Waals surface area contributed by atoms with Gasteiger partial charge < -0.3 is 46.6 Å². The first-order valence-corrected chi connectivity index (χ1v) is 45.3. The van der Waals surface area contributed by atoms with Crippen LogP contribution >= 0.6 is 11.6 Å². The van der Waals surface area contributed by atoms with Crippen LogP contribution in [0.25, 0.3) is 33.4 Å². The van der Waals surface area contributed by atoms with E-state index in [0.29, 0.717) is 47.9 Å². The number of likely N-dealkylation sites (N-methyl/N-ethyl adjacent to an activating group) is 3. The molecule has 0 saturated heterocycles. The number of nitrogens with one attached hydrogen (secondary N) is 3. The van der Waals surface area contributed by atoms with E-state index < -0.39 is 82.9 Å². The van der Waals surface area contributed by atoms with Crippen LogP contribution in [-0.2, 0) is 86.0 Å². The number of hydrogen-bond acceptors (Lipinski definition) is 17. The van der Waals surface area contributed by atoms with Crippen molar-refractivity contribution in [2.24, 2.45) is 17.8 Å². The normalized spacial score (nSPS) is 14.9. The number of pyridine rings is 2. The SMILES string of the molecule is CCN(C[C@H](O)CNC(C)(C)CC1Cc2ccccc2C1)S(=O)(=O)c1cccc(-c2ccc(CCC(=O)O)cc2)c1.CN(C[C@H](O)CNC(C)(C)CC1Cc2ccccc2C1)S(=O)(=O)c1ccc(-c2ccc(C(=O)O)nc2)c(C(F)(F)F)c1.CN(C[C@H](O)CNC(C)(C)CC1Cc2ccccc2C1)S(=O)(=O)c1ccc(-c2cncc(C(=O)O)c2)c(Cl)c1. The van der Waals surface area contributed by atoms with Gasteiger partial charge in [-0.1, -0.05) is 146 Å². The molecule has 9 N–H and O–H groups in total. The van der Waals surface area contributed by atoms with Gasteiger partial charge in [0.1, 0.15) is 5.69 Å². The van der Waals surface area contributed by atoms with Crippen LogP contribution in [0.4, 0.5) is 13.2 Å². The van der Waals surface area contributed by atoms with Gasteiger partial charge in [-0.2, -0.15) is 26.1 Å². The number of aliphatic hydroxyl groups is 3. The Hall–Kier alpha value is -9.18. The van der Waals surface area contributed by atoms with E-state index in [9.17, 15) is 73.2 Å². The number of carboxylic acids is 3. The number of aliphatic carboxylic acids is 1. The molecule has 7 aromatic carbocycles. The number of carboxylic acid groups (broad SMARTS) is 3. The number of β-amino-alcohol motifs (C(OH)–C–C–N with tert-alkyl or cyclic N) is 3. The summed E-state index contributed by atoms with van der Waals surface area (Å²) >= 11 is 6.39. The van der Waals surface area contributed by atoms with Crippen LogP contribution in [0.2, 0.25) is 5.02 Å². The number of alkyl halides is 3. The third-order valence-corrected chi connectivity index (χ3v) is 28.5. The number of halogens is 4. The lowest BCUT2D eigenvalue weighted by atomic mass is 9.88. The highest BCUT2D eigenvalue weighted by Gasteiger charge is 2.38. The van der Waals surface area contributed by atoms with Crippen molar-refractivity contribution in [1.82, 2.24) is 38.8 Å². The summed E-state index contributed by atoms with van der Waals surface area (Å²) in [5, 5.41) is 69.6. The third kappa shape index (κ3) is 25.8. The highest BCUT2D eigenvalue weighted by atomic mass is 35.5. The molecular formula is C92H110ClF3N8O15S3. The maximum atomic E-state index is 14.0. The lowest BCUT2D eigenvalue weighted by molar-refractivity contribution is -0.138. The van der Waals surface area contributed by atoms with E-state index >= 15 is 0 Å². The molecule has 0 bridgehead atoms. The van der Waals surface area contributed by atoms with E-state index in [0.717, 1.165) is 107 Å². The Morgan fingerprint density at radius 3 is 1.30 bits per heavy atom. The Kier molecular flexibility index (Phi) is 31.7. The number of benzene rings is 7. The van der Waals surface area contributed by atoms with Gasteiger partial charge in [0.15, 0.2) is 0 Å². The van der Waals surface area contributed by atoms with Gasteiger partial charge in [-0.05, 0) is 228 Å². The Bertz CT molecular complexity index is 5440. The Morgan fingerprint density at radius 2 is 0.902 bits per heavy atom. The standard InChI is InChI=1S/C33H42N2O5S.C30H34F3N3O5S.C29H34ClN3O5S/c1-4-35(23-30(36)22-34-33(2,3)21-25-18-27-8-5-6-9-28(27)19-25)41(39,40)31-11-7-10-29(20-31)26-15-12-24(13-16-26)14-17-32(37)38;1-29(2,15-19-12-20-6-4-5-7-21(20)13-19)35-17-23(37)18-36(3)42(40,41)24-9-10-25(26(14-24)30(31,32)33)22-8-11-27(28(38)39)34-16-22;1-29(2,14-19-10-20-6-4-5-7-21(20)11-19)32-17-24(34)18-33(3)39(37,38)25-8-9-26(27(30)13-25)22-12-23(28(35)36)16-31-15-22/h5-13,15-16,20,25,30,34,36H,4,14,17-19,21-23H2,1-3H3,(H,37,38);4-11,14,16,19,23,35,37H,12-13,15,17-18H2,1-3H3,(H,38,39);4-9,12-13,15-16,19,24,32,34H,10-11,14,17-18H2,1-3H3,(H,35,36)/t30-;23-;24-/m111/s1. The minimum atomic E-state index is -4.90. The predicted molar refractivity (Wildman–Crippen MR) is 465 cm³/mol. The van der Waals surface area contributed by atoms with Crippen molar-refractivity contribution < 1.29 is 83.4 Å². The molecule has 122 heavy (non-hydrogen) atoms. The monoisotopic (exact) mass is 1750 g/mol. The second-order valence-corrected chi connectivity index (χ2v) is 40.4. The smallest absolute Gasteiger partial charge is 0.417 e. The molecule has 0 radical (unpaired) electrons. The van der Waals surface area contributed by atoms with E-state index in [2.05, 4.69) is 114 Å². The predicted octanol–water partition coefficient (Wildman–Crippen LogP) is 13.8. The molecule has 3 aliphatic rings. The van der Waals surface area contributed by atoms with Crippen LogP contribution in [0, 0.1) is 17.8 Å². The molecule has 0 unspecified atom stereocenters. The topological polar surface area (TPSA) is 347 Å². The number of aromatic carboxylic acids is 2. The number of aryl methyl sites for hydroxylation is 1. The van der Waals surface area contributed by atoms with E-state index in [1.165, 1.54) is 94.5 Å². The summed E-state index contributed by atoms with van der Waals surface area (Å²) in [6.45, 7) is 14.8. The summed E-state index contributed by atoms with van der Waals surface area (Å²) < 4.78 is 125. The number of aromatic nitrogens is 2. The summed E-state index contributed by atoms with van der Waals surface area (Å²) in [7, 11) is -9.52. The van der Waals surface area contributed by atoms with Gasteiger partial charge in [-0.25, -0.2) is 39.8 Å². The summed E-state index contributed by atoms with van der Waals surface area (Å²) in [5.41, 5.74) is 9.14. The second kappa shape index (κ2) is 40.6. The first-order chi connectivity index (χ1) is 57.4. The van der Waals surface area contributed by atoms with Crippen molar-refractivity contribution in [2.45, 2.75) is 175 Å². The molecule has 23 nitrogen and oxygen atoms in total.